The number of allylic oxidation sites excluding steroid dienone is 1. The summed E-state index contributed by atoms with van der Waals surface area (Å²) in [6, 6.07) is 59.8. The monoisotopic (exact) mass is 695 g/mol. The Morgan fingerprint density at radius 3 is 1.91 bits per heavy atom. The molecule has 2 aliphatic rings. The van der Waals surface area contributed by atoms with E-state index in [2.05, 4.69) is 176 Å². The lowest BCUT2D eigenvalue weighted by molar-refractivity contribution is 0.588. The predicted molar refractivity (Wildman–Crippen MR) is 224 cm³/mol. The van der Waals surface area contributed by atoms with Gasteiger partial charge in [-0.05, 0) is 80.3 Å². The van der Waals surface area contributed by atoms with E-state index in [4.69, 9.17) is 14.4 Å². The predicted octanol–water partition coefficient (Wildman–Crippen LogP) is 12.5. The van der Waals surface area contributed by atoms with E-state index in [0.29, 0.717) is 5.84 Å². The molecule has 258 valence electrons. The highest BCUT2D eigenvalue weighted by molar-refractivity contribution is 6.18. The van der Waals surface area contributed by atoms with E-state index in [9.17, 15) is 0 Å². The first-order valence-electron chi connectivity index (χ1n) is 18.6. The fraction of sp³-hybridized carbons (Fsp3) is 0.0800. The third kappa shape index (κ3) is 5.82. The third-order valence-corrected chi connectivity index (χ3v) is 10.8. The molecule has 54 heavy (non-hydrogen) atoms. The molecule has 0 saturated heterocycles. The average Bonchev–Trinajstić information content (AvgIpc) is 3.64. The van der Waals surface area contributed by atoms with Gasteiger partial charge >= 0.3 is 0 Å². The maximum absolute atomic E-state index is 6.67. The van der Waals surface area contributed by atoms with E-state index in [1.807, 2.05) is 12.1 Å². The van der Waals surface area contributed by atoms with Crippen LogP contribution in [0.1, 0.15) is 59.0 Å². The Balaban J connectivity index is 1.07. The van der Waals surface area contributed by atoms with Gasteiger partial charge in [-0.15, -0.1) is 0 Å². The first-order chi connectivity index (χ1) is 26.6. The molecule has 0 saturated carbocycles. The summed E-state index contributed by atoms with van der Waals surface area (Å²) in [5.74, 6) is 2.64. The summed E-state index contributed by atoms with van der Waals surface area (Å²) in [7, 11) is 0. The second-order valence-electron chi connectivity index (χ2n) is 14.3. The number of rotatable bonds is 6. The van der Waals surface area contributed by atoms with Gasteiger partial charge in [0.2, 0.25) is 0 Å². The van der Waals surface area contributed by atoms with Gasteiger partial charge in [-0.3, -0.25) is 0 Å². The van der Waals surface area contributed by atoms with E-state index >= 15 is 0 Å². The molecule has 0 fully saturated rings. The van der Waals surface area contributed by atoms with Crippen molar-refractivity contribution < 1.29 is 4.42 Å². The minimum Gasteiger partial charge on any atom is -0.456 e. The van der Waals surface area contributed by atoms with E-state index in [1.165, 1.54) is 44.2 Å². The van der Waals surface area contributed by atoms with Crippen molar-refractivity contribution in [2.24, 2.45) is 9.98 Å². The van der Waals surface area contributed by atoms with Crippen LogP contribution in [0.25, 0.3) is 55.6 Å². The molecule has 0 spiro atoms. The molecule has 2 heterocycles. The largest absolute Gasteiger partial charge is 0.456 e. The second-order valence-corrected chi connectivity index (χ2v) is 14.3. The van der Waals surface area contributed by atoms with Crippen molar-refractivity contribution in [1.29, 1.82) is 0 Å². The molecule has 1 aliphatic heterocycles. The van der Waals surface area contributed by atoms with Crippen LogP contribution in [-0.4, -0.2) is 11.7 Å². The highest BCUT2D eigenvalue weighted by Gasteiger charge is 2.29. The lowest BCUT2D eigenvalue weighted by Crippen LogP contribution is -2.33. The fourth-order valence-electron chi connectivity index (χ4n) is 8.04. The summed E-state index contributed by atoms with van der Waals surface area (Å²) < 4.78 is 6.67. The van der Waals surface area contributed by atoms with Gasteiger partial charge in [0.05, 0.1) is 0 Å². The highest BCUT2D eigenvalue weighted by Crippen LogP contribution is 2.45. The van der Waals surface area contributed by atoms with Crippen LogP contribution in [0, 0.1) is 0 Å². The lowest BCUT2D eigenvalue weighted by atomic mass is 9.82. The van der Waals surface area contributed by atoms with E-state index in [-0.39, 0.29) is 12.1 Å². The third-order valence-electron chi connectivity index (χ3n) is 10.8. The number of nitrogens with one attached hydrogen (secondary N) is 1. The average molecular weight is 696 g/mol. The van der Waals surface area contributed by atoms with Crippen LogP contribution in [0.2, 0.25) is 0 Å². The van der Waals surface area contributed by atoms with Gasteiger partial charge in [-0.25, -0.2) is 9.98 Å². The number of amidine groups is 2. The molecule has 7 aromatic carbocycles. The standard InChI is InChI=1S/C50H37N3O/c1-32-29-42(41-28-23-35-15-8-9-16-40(35)30-41)31-45-46(32)47-43(17-10-18-44(47)54-45)50-52-48(38-24-19-36(20-25-38)33-11-4-2-5-12-33)51-49(53-50)39-26-21-37(22-27-39)34-13-6-3-7-14-34/h2-28,30-32,48H,29H2,1H3,(H,51,52,53). The summed E-state index contributed by atoms with van der Waals surface area (Å²) in [6.45, 7) is 2.31. The van der Waals surface area contributed by atoms with Gasteiger partial charge in [-0.2, -0.15) is 0 Å². The summed E-state index contributed by atoms with van der Waals surface area (Å²) in [4.78, 5) is 10.6. The van der Waals surface area contributed by atoms with E-state index < -0.39 is 0 Å². The molecule has 4 nitrogen and oxygen atoms in total. The molecule has 1 aliphatic carbocycles. The number of aliphatic imine (C=N–C) groups is 2. The summed E-state index contributed by atoms with van der Waals surface area (Å²) in [5, 5.41) is 7.27. The Morgan fingerprint density at radius 2 is 1.19 bits per heavy atom. The Morgan fingerprint density at radius 1 is 0.574 bits per heavy atom. The first kappa shape index (κ1) is 31.9. The molecule has 0 radical (unpaired) electrons. The lowest BCUT2D eigenvalue weighted by Gasteiger charge is -2.25. The molecule has 4 heteroatoms. The number of hydrogen-bond donors (Lipinski definition) is 1. The van der Waals surface area contributed by atoms with Crippen molar-refractivity contribution in [1.82, 2.24) is 5.32 Å². The zero-order chi connectivity index (χ0) is 36.0. The number of furan rings is 1. The Labute approximate surface area is 314 Å². The van der Waals surface area contributed by atoms with Gasteiger partial charge in [0.15, 0.2) is 5.84 Å². The second kappa shape index (κ2) is 13.3. The fourth-order valence-corrected chi connectivity index (χ4v) is 8.04. The number of hydrogen-bond acceptors (Lipinski definition) is 4. The van der Waals surface area contributed by atoms with Crippen molar-refractivity contribution in [3.05, 3.63) is 203 Å². The summed E-state index contributed by atoms with van der Waals surface area (Å²) in [6.07, 6.45) is 2.83. The number of nitrogens with zero attached hydrogens (tertiary/aromatic N) is 2. The highest BCUT2D eigenvalue weighted by atomic mass is 16.3. The summed E-state index contributed by atoms with van der Waals surface area (Å²) in [5.41, 5.74) is 12.4. The molecule has 8 aromatic rings. The van der Waals surface area contributed by atoms with Gasteiger partial charge in [0, 0.05) is 22.1 Å². The molecular weight excluding hydrogens is 659 g/mol. The molecule has 1 aromatic heterocycles. The zero-order valence-electron chi connectivity index (χ0n) is 29.9. The van der Waals surface area contributed by atoms with E-state index in [1.54, 1.807) is 0 Å². The maximum atomic E-state index is 6.67. The van der Waals surface area contributed by atoms with Gasteiger partial charge in [0.1, 0.15) is 23.3 Å². The normalized spacial score (nSPS) is 16.6. The van der Waals surface area contributed by atoms with Gasteiger partial charge < -0.3 is 9.73 Å². The van der Waals surface area contributed by atoms with Crippen LogP contribution < -0.4 is 5.32 Å². The number of benzene rings is 7. The van der Waals surface area contributed by atoms with Crippen LogP contribution in [0.5, 0.6) is 0 Å². The smallest absolute Gasteiger partial charge is 0.160 e. The molecule has 0 bridgehead atoms. The zero-order valence-corrected chi connectivity index (χ0v) is 29.9. The maximum Gasteiger partial charge on any atom is 0.160 e. The van der Waals surface area contributed by atoms with Crippen LogP contribution in [0.4, 0.5) is 0 Å². The van der Waals surface area contributed by atoms with Crippen molar-refractivity contribution in [3.63, 3.8) is 0 Å². The van der Waals surface area contributed by atoms with Crippen LogP contribution in [-0.2, 0) is 0 Å². The molecule has 2 unspecified atom stereocenters. The molecule has 1 N–H and O–H groups in total. The quantitative estimate of drug-likeness (QED) is 0.188. The SMILES string of the molecule is CC1CC(c2ccc3ccccc3c2)=Cc2oc3cccc(C4=NC(c5ccc(-c6ccccc6)cc5)NC(c5ccc(-c6ccccc6)cc5)=N4)c3c21. The Hall–Kier alpha value is -6.78. The first-order valence-corrected chi connectivity index (χ1v) is 18.6. The van der Waals surface area contributed by atoms with Crippen LogP contribution in [0.3, 0.4) is 0 Å². The molecule has 0 amide bonds. The van der Waals surface area contributed by atoms with E-state index in [0.717, 1.165) is 51.2 Å². The summed E-state index contributed by atoms with van der Waals surface area (Å²) >= 11 is 0. The molecule has 2 atom stereocenters. The van der Waals surface area contributed by atoms with Crippen molar-refractivity contribution >= 4 is 45.1 Å². The Bertz CT molecular complexity index is 2760. The number of fused-ring (bicyclic) bond motifs is 4. The van der Waals surface area contributed by atoms with Crippen molar-refractivity contribution in [2.75, 3.05) is 0 Å². The van der Waals surface area contributed by atoms with Gasteiger partial charge in [0.25, 0.3) is 0 Å². The van der Waals surface area contributed by atoms with Crippen molar-refractivity contribution in [3.8, 4) is 22.3 Å². The molecule has 10 rings (SSSR count). The minimum absolute atomic E-state index is 0.242. The van der Waals surface area contributed by atoms with Crippen LogP contribution >= 0.6 is 0 Å². The molecular formula is C50H37N3O. The van der Waals surface area contributed by atoms with Crippen LogP contribution in [0.15, 0.2) is 184 Å². The topological polar surface area (TPSA) is 49.9 Å². The minimum atomic E-state index is -0.332. The van der Waals surface area contributed by atoms with Crippen molar-refractivity contribution in [2.45, 2.75) is 25.4 Å². The Kier molecular flexibility index (Phi) is 7.88. The van der Waals surface area contributed by atoms with Gasteiger partial charge in [-0.1, -0.05) is 165 Å².